The number of hydroxylamine groups is 3. The summed E-state index contributed by atoms with van der Waals surface area (Å²) in [5, 5.41) is 23.3. The molecule has 1 aliphatic rings. The molecule has 98 valence electrons. The van der Waals surface area contributed by atoms with Crippen LogP contribution in [-0.4, -0.2) is 39.2 Å². The second kappa shape index (κ2) is 4.68. The first-order valence-corrected chi connectivity index (χ1v) is 5.99. The minimum absolute atomic E-state index is 0.360. The van der Waals surface area contributed by atoms with Crippen LogP contribution in [0.3, 0.4) is 0 Å². The van der Waals surface area contributed by atoms with Crippen LogP contribution in [0.2, 0.25) is 0 Å². The number of nitrogens with zero attached hydrogens (tertiary/aromatic N) is 2. The van der Waals surface area contributed by atoms with E-state index in [1.165, 1.54) is 0 Å². The second-order valence-corrected chi connectivity index (χ2v) is 4.73. The molecule has 0 bridgehead atoms. The lowest BCUT2D eigenvalue weighted by Crippen LogP contribution is -2.47. The Morgan fingerprint density at radius 2 is 2.00 bits per heavy atom. The highest BCUT2D eigenvalue weighted by Crippen LogP contribution is 2.29. The average molecular weight is 250 g/mol. The van der Waals surface area contributed by atoms with Crippen LogP contribution in [0.4, 0.5) is 0 Å². The van der Waals surface area contributed by atoms with Crippen molar-refractivity contribution in [3.63, 3.8) is 0 Å². The van der Waals surface area contributed by atoms with Gasteiger partial charge in [0.1, 0.15) is 5.54 Å². The smallest absolute Gasteiger partial charge is 0.355 e. The molecule has 18 heavy (non-hydrogen) atoms. The third-order valence-corrected chi connectivity index (χ3v) is 3.15. The number of benzene rings is 1. The summed E-state index contributed by atoms with van der Waals surface area (Å²) in [6.07, 6.45) is -0.986. The summed E-state index contributed by atoms with van der Waals surface area (Å²) in [5.41, 5.74) is 0.506. The van der Waals surface area contributed by atoms with Crippen molar-refractivity contribution in [1.82, 2.24) is 5.06 Å². The molecule has 1 aromatic rings. The van der Waals surface area contributed by atoms with Crippen molar-refractivity contribution in [2.45, 2.75) is 32.7 Å². The molecule has 0 fully saturated rings. The first-order chi connectivity index (χ1) is 8.50. The van der Waals surface area contributed by atoms with Crippen molar-refractivity contribution in [3.8, 4) is 0 Å². The summed E-state index contributed by atoms with van der Waals surface area (Å²) in [4.78, 5) is 0. The molecule has 1 atom stereocenters. The first-order valence-electron chi connectivity index (χ1n) is 5.99. The van der Waals surface area contributed by atoms with Crippen molar-refractivity contribution < 1.29 is 14.7 Å². The van der Waals surface area contributed by atoms with Crippen LogP contribution in [0.5, 0.6) is 0 Å². The molecule has 5 nitrogen and oxygen atoms in total. The van der Waals surface area contributed by atoms with E-state index in [9.17, 15) is 10.4 Å². The zero-order chi connectivity index (χ0) is 13.3. The van der Waals surface area contributed by atoms with Gasteiger partial charge in [-0.15, -0.1) is 0 Å². The average Bonchev–Trinajstić information content (AvgIpc) is 2.51. The van der Waals surface area contributed by atoms with Gasteiger partial charge in [-0.1, -0.05) is 23.3 Å². The molecule has 5 heteroatoms. The standard InChI is InChI=1S/C13H18N2O3/c1-4-18-12-14(16)11(13(2,3)15(12)17)10-8-6-5-7-9-10/h5-9,12,17H,4H2,1-3H3/t12-/m0/s1. The molecule has 0 radical (unpaired) electrons. The zero-order valence-electron chi connectivity index (χ0n) is 10.8. The third kappa shape index (κ3) is 1.90. The lowest BCUT2D eigenvalue weighted by Gasteiger charge is -2.24. The molecule has 0 saturated heterocycles. The van der Waals surface area contributed by atoms with E-state index in [1.807, 2.05) is 30.3 Å². The van der Waals surface area contributed by atoms with Crippen LogP contribution in [0.1, 0.15) is 26.3 Å². The molecule has 0 amide bonds. The maximum atomic E-state index is 12.3. The monoisotopic (exact) mass is 250 g/mol. The van der Waals surface area contributed by atoms with E-state index in [1.54, 1.807) is 20.8 Å². The fourth-order valence-corrected chi connectivity index (χ4v) is 2.23. The van der Waals surface area contributed by atoms with E-state index in [0.717, 1.165) is 15.4 Å². The van der Waals surface area contributed by atoms with Crippen molar-refractivity contribution >= 4 is 5.71 Å². The Kier molecular flexibility index (Phi) is 3.38. The molecule has 1 aromatic carbocycles. The zero-order valence-corrected chi connectivity index (χ0v) is 10.8. The van der Waals surface area contributed by atoms with Crippen molar-refractivity contribution in [3.05, 3.63) is 41.1 Å². The van der Waals surface area contributed by atoms with Gasteiger partial charge < -0.3 is 15.2 Å². The van der Waals surface area contributed by atoms with Gasteiger partial charge in [0.15, 0.2) is 0 Å². The number of rotatable bonds is 3. The predicted octanol–water partition coefficient (Wildman–Crippen LogP) is 1.79. The minimum Gasteiger partial charge on any atom is -0.620 e. The SMILES string of the molecule is CCO[C@@H]1N(O)C(C)(C)C(c2ccccc2)=[N+]1[O-]. The Morgan fingerprint density at radius 1 is 1.39 bits per heavy atom. The lowest BCUT2D eigenvalue weighted by molar-refractivity contribution is -0.596. The maximum absolute atomic E-state index is 12.3. The van der Waals surface area contributed by atoms with Gasteiger partial charge >= 0.3 is 6.35 Å². The number of hydrogen-bond acceptors (Lipinski definition) is 4. The third-order valence-electron chi connectivity index (χ3n) is 3.15. The molecule has 1 aliphatic heterocycles. The Labute approximate surface area is 106 Å². The second-order valence-electron chi connectivity index (χ2n) is 4.73. The molecule has 1 heterocycles. The molecule has 0 aromatic heterocycles. The maximum Gasteiger partial charge on any atom is 0.355 e. The van der Waals surface area contributed by atoms with Crippen LogP contribution >= 0.6 is 0 Å². The van der Waals surface area contributed by atoms with Gasteiger partial charge in [0.25, 0.3) is 0 Å². The highest BCUT2D eigenvalue weighted by atomic mass is 16.7. The van der Waals surface area contributed by atoms with Crippen LogP contribution in [0, 0.1) is 5.21 Å². The highest BCUT2D eigenvalue weighted by Gasteiger charge is 2.52. The molecule has 1 N–H and O–H groups in total. The Hall–Kier alpha value is -1.43. The molecular weight excluding hydrogens is 232 g/mol. The fraction of sp³-hybridized carbons (Fsp3) is 0.462. The van der Waals surface area contributed by atoms with Crippen LogP contribution < -0.4 is 0 Å². The number of ether oxygens (including phenoxy) is 1. The minimum atomic E-state index is -0.986. The van der Waals surface area contributed by atoms with Crippen LogP contribution in [-0.2, 0) is 4.74 Å². The lowest BCUT2D eigenvalue weighted by atomic mass is 9.93. The van der Waals surface area contributed by atoms with Gasteiger partial charge in [-0.05, 0) is 32.9 Å². The molecule has 2 rings (SSSR count). The quantitative estimate of drug-likeness (QED) is 0.656. The summed E-state index contributed by atoms with van der Waals surface area (Å²) in [7, 11) is 0. The van der Waals surface area contributed by atoms with Crippen molar-refractivity contribution in [1.29, 1.82) is 0 Å². The van der Waals surface area contributed by atoms with Gasteiger partial charge in [-0.2, -0.15) is 4.74 Å². The van der Waals surface area contributed by atoms with Gasteiger partial charge in [-0.3, -0.25) is 0 Å². The van der Waals surface area contributed by atoms with E-state index in [-0.39, 0.29) is 0 Å². The van der Waals surface area contributed by atoms with E-state index in [2.05, 4.69) is 0 Å². The van der Waals surface area contributed by atoms with E-state index >= 15 is 0 Å². The Bertz CT molecular complexity index is 457. The Balaban J connectivity index is 2.49. The van der Waals surface area contributed by atoms with Gasteiger partial charge in [0, 0.05) is 5.56 Å². The first kappa shape index (κ1) is 13.0. The normalized spacial score (nSPS) is 23.7. The van der Waals surface area contributed by atoms with E-state index in [0.29, 0.717) is 12.3 Å². The summed E-state index contributed by atoms with van der Waals surface area (Å²) in [5.74, 6) is 0. The molecule has 0 unspecified atom stereocenters. The van der Waals surface area contributed by atoms with Crippen LogP contribution in [0.15, 0.2) is 30.3 Å². The molecule has 0 spiro atoms. The molecule has 0 saturated carbocycles. The largest absolute Gasteiger partial charge is 0.620 e. The number of hydrogen-bond donors (Lipinski definition) is 1. The van der Waals surface area contributed by atoms with Crippen LogP contribution in [0.25, 0.3) is 0 Å². The summed E-state index contributed by atoms with van der Waals surface area (Å²) < 4.78 is 6.02. The van der Waals surface area contributed by atoms with Gasteiger partial charge in [0.05, 0.1) is 6.61 Å². The van der Waals surface area contributed by atoms with Crippen molar-refractivity contribution in [2.24, 2.45) is 0 Å². The summed E-state index contributed by atoms with van der Waals surface area (Å²) >= 11 is 0. The summed E-state index contributed by atoms with van der Waals surface area (Å²) in [6, 6.07) is 9.32. The predicted molar refractivity (Wildman–Crippen MR) is 67.3 cm³/mol. The highest BCUT2D eigenvalue weighted by molar-refractivity contribution is 6.04. The fourth-order valence-electron chi connectivity index (χ4n) is 2.23. The molecular formula is C13H18N2O3. The van der Waals surface area contributed by atoms with Crippen molar-refractivity contribution in [2.75, 3.05) is 6.61 Å². The van der Waals surface area contributed by atoms with Gasteiger partial charge in [-0.25, -0.2) is 0 Å². The topological polar surface area (TPSA) is 58.8 Å². The molecule has 0 aliphatic carbocycles. The van der Waals surface area contributed by atoms with Gasteiger partial charge in [0.2, 0.25) is 5.71 Å². The summed E-state index contributed by atoms with van der Waals surface area (Å²) in [6.45, 7) is 5.73. The Morgan fingerprint density at radius 3 is 2.56 bits per heavy atom. The van der Waals surface area contributed by atoms with E-state index in [4.69, 9.17) is 4.74 Å². The van der Waals surface area contributed by atoms with E-state index < -0.39 is 11.9 Å².